The summed E-state index contributed by atoms with van der Waals surface area (Å²) in [5.74, 6) is 0. The van der Waals surface area contributed by atoms with Gasteiger partial charge in [0.1, 0.15) is 6.61 Å². The van der Waals surface area contributed by atoms with Gasteiger partial charge in [0, 0.05) is 17.7 Å². The molecule has 0 aromatic heterocycles. The van der Waals surface area contributed by atoms with Gasteiger partial charge in [-0.15, -0.1) is 0 Å². The molecule has 0 heterocycles. The Morgan fingerprint density at radius 1 is 0.462 bits per heavy atom. The normalized spacial score (nSPS) is 10.7. The number of nitrogens with zero attached hydrogens (tertiary/aromatic N) is 1. The van der Waals surface area contributed by atoms with Crippen LogP contribution in [0.4, 0.5) is 0 Å². The summed E-state index contributed by atoms with van der Waals surface area (Å²) in [6.45, 7) is 1.77. The van der Waals surface area contributed by atoms with Gasteiger partial charge in [-0.2, -0.15) is 5.48 Å². The van der Waals surface area contributed by atoms with Crippen molar-refractivity contribution in [3.63, 3.8) is 0 Å². The third-order valence-corrected chi connectivity index (χ3v) is 8.44. The lowest BCUT2D eigenvalue weighted by Crippen LogP contribution is -2.14. The summed E-state index contributed by atoms with van der Waals surface area (Å²) < 4.78 is 0. The van der Waals surface area contributed by atoms with Gasteiger partial charge in [0.05, 0.1) is 12.8 Å². The second-order valence-corrected chi connectivity index (χ2v) is 12.0. The minimum Gasteiger partial charge on any atom is -0.391 e. The van der Waals surface area contributed by atoms with Crippen LogP contribution < -0.4 is 5.48 Å². The molecule has 0 saturated carbocycles. The fraction of sp³-hybridized carbons (Fsp3) is 0.0638. The summed E-state index contributed by atoms with van der Waals surface area (Å²) >= 11 is 0. The van der Waals surface area contributed by atoms with E-state index in [2.05, 4.69) is 83.4 Å². The van der Waals surface area contributed by atoms with E-state index >= 15 is 0 Å². The standard InChI is InChI=1S/C18H17NO.C18H15NO.C11H8O/c2*1-2-7-15(8-3-1)14-20-19-13-17-11-6-10-16-9-4-5-12-18(16)17;12-8-10-6-3-5-9-4-1-2-7-11(9)10/h1-12,19H,13-14H2;1-13H,14H2;1-8H. The quantitative estimate of drug-likeness (QED) is 0.0676. The van der Waals surface area contributed by atoms with E-state index in [0.29, 0.717) is 19.8 Å². The van der Waals surface area contributed by atoms with Crippen molar-refractivity contribution in [3.8, 4) is 0 Å². The summed E-state index contributed by atoms with van der Waals surface area (Å²) in [6, 6.07) is 62.9. The first kappa shape index (κ1) is 35.4. The first-order valence-corrected chi connectivity index (χ1v) is 17.2. The fourth-order valence-electron chi connectivity index (χ4n) is 5.78. The van der Waals surface area contributed by atoms with Crippen molar-refractivity contribution in [3.05, 3.63) is 216 Å². The van der Waals surface area contributed by atoms with Crippen LogP contribution in [-0.4, -0.2) is 12.5 Å². The Bertz CT molecular complexity index is 2320. The number of hydroxylamine groups is 1. The summed E-state index contributed by atoms with van der Waals surface area (Å²) in [5, 5.41) is 11.1. The molecule has 8 rings (SSSR count). The zero-order valence-corrected chi connectivity index (χ0v) is 28.8. The third kappa shape index (κ3) is 10.1. The van der Waals surface area contributed by atoms with Crippen LogP contribution in [-0.2, 0) is 29.4 Å². The van der Waals surface area contributed by atoms with E-state index in [1.807, 2.05) is 115 Å². The van der Waals surface area contributed by atoms with Crippen LogP contribution in [0.5, 0.6) is 0 Å². The van der Waals surface area contributed by atoms with Crippen molar-refractivity contribution in [2.24, 2.45) is 5.16 Å². The van der Waals surface area contributed by atoms with Gasteiger partial charge >= 0.3 is 0 Å². The van der Waals surface area contributed by atoms with Crippen LogP contribution >= 0.6 is 0 Å². The van der Waals surface area contributed by atoms with E-state index in [1.165, 1.54) is 27.1 Å². The van der Waals surface area contributed by atoms with Gasteiger partial charge in [0.15, 0.2) is 6.29 Å². The van der Waals surface area contributed by atoms with Gasteiger partial charge in [0.25, 0.3) is 0 Å². The number of nitrogens with one attached hydrogen (secondary N) is 1. The molecule has 1 N–H and O–H groups in total. The van der Waals surface area contributed by atoms with Crippen LogP contribution in [0.15, 0.2) is 193 Å². The van der Waals surface area contributed by atoms with Gasteiger partial charge in [0.2, 0.25) is 0 Å². The van der Waals surface area contributed by atoms with Gasteiger partial charge in [-0.3, -0.25) is 9.63 Å². The second kappa shape index (κ2) is 19.1. The minimum atomic E-state index is 0.488. The molecule has 0 bridgehead atoms. The average molecular weight is 681 g/mol. The highest BCUT2D eigenvalue weighted by molar-refractivity contribution is 5.99. The SMILES string of the molecule is C(=NOCc1ccccc1)c1cccc2ccccc12.O=Cc1cccc2ccccc12.c1ccc(CONCc2cccc3ccccc23)cc1. The number of aldehydes is 1. The predicted octanol–water partition coefficient (Wildman–Crippen LogP) is 11.1. The van der Waals surface area contributed by atoms with E-state index in [0.717, 1.165) is 39.3 Å². The lowest BCUT2D eigenvalue weighted by molar-refractivity contribution is 0.0237. The first-order chi connectivity index (χ1) is 25.8. The predicted molar refractivity (Wildman–Crippen MR) is 214 cm³/mol. The summed E-state index contributed by atoms with van der Waals surface area (Å²) in [7, 11) is 0. The van der Waals surface area contributed by atoms with Crippen molar-refractivity contribution in [1.29, 1.82) is 0 Å². The van der Waals surface area contributed by atoms with E-state index in [4.69, 9.17) is 9.68 Å². The molecule has 52 heavy (non-hydrogen) atoms. The van der Waals surface area contributed by atoms with E-state index in [9.17, 15) is 4.79 Å². The molecule has 0 spiro atoms. The molecule has 8 aromatic rings. The maximum atomic E-state index is 10.6. The number of oxime groups is 1. The Labute approximate surface area is 304 Å². The van der Waals surface area contributed by atoms with Crippen LogP contribution in [0.1, 0.15) is 32.6 Å². The monoisotopic (exact) mass is 680 g/mol. The first-order valence-electron chi connectivity index (χ1n) is 17.2. The van der Waals surface area contributed by atoms with Crippen molar-refractivity contribution >= 4 is 44.8 Å². The van der Waals surface area contributed by atoms with E-state index in [-0.39, 0.29) is 0 Å². The summed E-state index contributed by atoms with van der Waals surface area (Å²) in [4.78, 5) is 21.5. The highest BCUT2D eigenvalue weighted by Gasteiger charge is 2.01. The number of carbonyl (C=O) groups is 1. The molecule has 256 valence electrons. The number of hydrogen-bond donors (Lipinski definition) is 1. The number of fused-ring (bicyclic) bond motifs is 3. The Balaban J connectivity index is 0.000000138. The maximum absolute atomic E-state index is 10.6. The molecule has 0 amide bonds. The number of rotatable bonds is 10. The molecule has 0 aliphatic heterocycles. The third-order valence-electron chi connectivity index (χ3n) is 8.44. The molecule has 0 unspecified atom stereocenters. The van der Waals surface area contributed by atoms with Gasteiger partial charge < -0.3 is 4.84 Å². The van der Waals surface area contributed by atoms with Crippen LogP contribution in [0.2, 0.25) is 0 Å². The maximum Gasteiger partial charge on any atom is 0.150 e. The lowest BCUT2D eigenvalue weighted by atomic mass is 10.1. The van der Waals surface area contributed by atoms with Crippen LogP contribution in [0.3, 0.4) is 0 Å². The largest absolute Gasteiger partial charge is 0.391 e. The second-order valence-electron chi connectivity index (χ2n) is 12.0. The van der Waals surface area contributed by atoms with Crippen LogP contribution in [0, 0.1) is 0 Å². The molecule has 0 atom stereocenters. The summed E-state index contributed by atoms with van der Waals surface area (Å²) in [6.07, 6.45) is 2.66. The number of benzene rings is 8. The molecule has 5 heteroatoms. The molecule has 0 fully saturated rings. The molecule has 8 aromatic carbocycles. The number of hydrogen-bond acceptors (Lipinski definition) is 5. The molecular formula is C47H40N2O3. The topological polar surface area (TPSA) is 59.9 Å². The van der Waals surface area contributed by atoms with Gasteiger partial charge in [-0.1, -0.05) is 193 Å². The van der Waals surface area contributed by atoms with Gasteiger partial charge in [-0.05, 0) is 49.0 Å². The Hall–Kier alpha value is -6.40. The lowest BCUT2D eigenvalue weighted by Gasteiger charge is -2.08. The highest BCUT2D eigenvalue weighted by Crippen LogP contribution is 2.19. The van der Waals surface area contributed by atoms with Gasteiger partial charge in [-0.25, -0.2) is 0 Å². The van der Waals surface area contributed by atoms with E-state index < -0.39 is 0 Å². The van der Waals surface area contributed by atoms with Crippen molar-refractivity contribution in [2.45, 2.75) is 19.8 Å². The molecule has 0 aliphatic rings. The Kier molecular flexibility index (Phi) is 13.0. The Morgan fingerprint density at radius 2 is 0.923 bits per heavy atom. The average Bonchev–Trinajstić information content (AvgIpc) is 3.22. The molecule has 0 aliphatic carbocycles. The molecule has 5 nitrogen and oxygen atoms in total. The van der Waals surface area contributed by atoms with Crippen molar-refractivity contribution < 1.29 is 14.5 Å². The zero-order chi connectivity index (χ0) is 35.6. The smallest absolute Gasteiger partial charge is 0.150 e. The van der Waals surface area contributed by atoms with Crippen molar-refractivity contribution in [1.82, 2.24) is 5.48 Å². The number of carbonyl (C=O) groups excluding carboxylic acids is 1. The highest BCUT2D eigenvalue weighted by atomic mass is 16.6. The van der Waals surface area contributed by atoms with Crippen molar-refractivity contribution in [2.75, 3.05) is 0 Å². The molecule has 0 radical (unpaired) electrons. The zero-order valence-electron chi connectivity index (χ0n) is 28.8. The fourth-order valence-corrected chi connectivity index (χ4v) is 5.78. The molecular weight excluding hydrogens is 641 g/mol. The van der Waals surface area contributed by atoms with Crippen LogP contribution in [0.25, 0.3) is 32.3 Å². The van der Waals surface area contributed by atoms with E-state index in [1.54, 1.807) is 6.21 Å². The summed E-state index contributed by atoms with van der Waals surface area (Å²) in [5.41, 5.74) is 8.39. The molecule has 0 saturated heterocycles. The Morgan fingerprint density at radius 3 is 1.54 bits per heavy atom. The minimum absolute atomic E-state index is 0.488.